The Hall–Kier alpha value is -3.11. The van der Waals surface area contributed by atoms with Crippen LogP contribution in [-0.2, 0) is 32.7 Å². The third kappa shape index (κ3) is 40.9. The molecule has 10 nitrogen and oxygen atoms in total. The highest BCUT2D eigenvalue weighted by Gasteiger charge is 2.21. The van der Waals surface area contributed by atoms with Crippen LogP contribution in [0.25, 0.3) is 0 Å². The number of carbonyl (C=O) groups is 2. The normalized spacial score (nSPS) is 15.1. The van der Waals surface area contributed by atoms with Crippen LogP contribution in [0, 0.1) is 0 Å². The number of unbranched alkanes of at least 4 members (excludes halogenated alkanes) is 5. The van der Waals surface area contributed by atoms with Crippen LogP contribution in [0.3, 0.4) is 0 Å². The fourth-order valence-corrected chi connectivity index (χ4v) is 5.66. The van der Waals surface area contributed by atoms with Crippen molar-refractivity contribution in [2.24, 2.45) is 0 Å². The van der Waals surface area contributed by atoms with E-state index in [4.69, 9.17) is 18.5 Å². The smallest absolute Gasteiger partial charge is 0.306 e. The van der Waals surface area contributed by atoms with Crippen LogP contribution in [0.1, 0.15) is 123 Å². The Morgan fingerprint density at radius 3 is 1.77 bits per heavy atom. The maximum atomic E-state index is 12.6. The van der Waals surface area contributed by atoms with E-state index in [1.807, 2.05) is 45.4 Å². The molecule has 0 rings (SSSR count). The Kier molecular flexibility index (Phi) is 35.2. The molecule has 57 heavy (non-hydrogen) atoms. The summed E-state index contributed by atoms with van der Waals surface area (Å²) >= 11 is 0. The maximum absolute atomic E-state index is 12.6. The van der Waals surface area contributed by atoms with Gasteiger partial charge >= 0.3 is 11.9 Å². The van der Waals surface area contributed by atoms with Gasteiger partial charge < -0.3 is 33.0 Å². The Morgan fingerprint density at radius 1 is 0.649 bits per heavy atom. The first-order chi connectivity index (χ1) is 27.4. The van der Waals surface area contributed by atoms with E-state index >= 15 is 0 Å². The Morgan fingerprint density at radius 2 is 1.18 bits per heavy atom. The minimum atomic E-state index is -4.67. The SMILES string of the molecule is CC/C=C\C/C=C\C/C=C\C/C=C\C/C=C\CCCC(=O)O[C@H](COC(=O)CCCCCCCC(O)/C=C/C=C/C/C=C/CC)COP(=O)([O-])OCC[N+](C)(C)C. The monoisotopic (exact) mass is 818 g/mol. The molecule has 0 radical (unpaired) electrons. The van der Waals surface area contributed by atoms with Crippen LogP contribution in [0.5, 0.6) is 0 Å². The second-order valence-electron chi connectivity index (χ2n) is 14.8. The highest BCUT2D eigenvalue weighted by atomic mass is 31.2. The van der Waals surface area contributed by atoms with Crippen molar-refractivity contribution in [3.8, 4) is 0 Å². The largest absolute Gasteiger partial charge is 0.756 e. The van der Waals surface area contributed by atoms with Crippen LogP contribution >= 0.6 is 7.82 Å². The number of aliphatic hydroxyl groups is 1. The molecule has 0 saturated heterocycles. The van der Waals surface area contributed by atoms with Gasteiger partial charge in [0.2, 0.25) is 0 Å². The molecule has 0 aliphatic carbocycles. The lowest BCUT2D eigenvalue weighted by molar-refractivity contribution is -0.870. The molecule has 3 atom stereocenters. The predicted octanol–water partition coefficient (Wildman–Crippen LogP) is 10.1. The van der Waals surface area contributed by atoms with Crippen LogP contribution < -0.4 is 4.89 Å². The second-order valence-corrected chi connectivity index (χ2v) is 16.2. The fourth-order valence-electron chi connectivity index (χ4n) is 4.93. The van der Waals surface area contributed by atoms with Gasteiger partial charge in [-0.2, -0.15) is 0 Å². The molecule has 0 amide bonds. The minimum absolute atomic E-state index is 0.0633. The average Bonchev–Trinajstić information content (AvgIpc) is 3.15. The summed E-state index contributed by atoms with van der Waals surface area (Å²) in [5.41, 5.74) is 0. The van der Waals surface area contributed by atoms with E-state index in [1.54, 1.807) is 6.08 Å². The Labute approximate surface area is 346 Å². The number of hydrogen-bond donors (Lipinski definition) is 1. The molecule has 0 fully saturated rings. The van der Waals surface area contributed by atoms with Crippen LogP contribution in [0.15, 0.2) is 97.2 Å². The van der Waals surface area contributed by atoms with Gasteiger partial charge in [0.25, 0.3) is 7.82 Å². The van der Waals surface area contributed by atoms with Crippen molar-refractivity contribution < 1.29 is 47.2 Å². The molecule has 0 heterocycles. The number of hydrogen-bond acceptors (Lipinski definition) is 9. The highest BCUT2D eigenvalue weighted by Crippen LogP contribution is 2.38. The van der Waals surface area contributed by atoms with Gasteiger partial charge in [-0.25, -0.2) is 0 Å². The van der Waals surface area contributed by atoms with E-state index in [2.05, 4.69) is 80.7 Å². The third-order valence-electron chi connectivity index (χ3n) is 8.20. The minimum Gasteiger partial charge on any atom is -0.756 e. The number of quaternary nitrogens is 1. The number of aliphatic hydroxyl groups excluding tert-OH is 1. The lowest BCUT2D eigenvalue weighted by Gasteiger charge is -2.28. The molecule has 324 valence electrons. The maximum Gasteiger partial charge on any atom is 0.306 e. The summed E-state index contributed by atoms with van der Waals surface area (Å²) in [5, 5.41) is 10.1. The zero-order valence-electron chi connectivity index (χ0n) is 35.8. The molecule has 0 bridgehead atoms. The molecule has 11 heteroatoms. The average molecular weight is 818 g/mol. The van der Waals surface area contributed by atoms with Gasteiger partial charge in [-0.3, -0.25) is 14.2 Å². The summed E-state index contributed by atoms with van der Waals surface area (Å²) in [7, 11) is 1.05. The number of esters is 2. The van der Waals surface area contributed by atoms with Crippen molar-refractivity contribution in [3.05, 3.63) is 97.2 Å². The molecule has 0 saturated carbocycles. The van der Waals surface area contributed by atoms with Crippen molar-refractivity contribution in [3.63, 3.8) is 0 Å². The Balaban J connectivity index is 4.60. The number of allylic oxidation sites excluding steroid dienone is 15. The van der Waals surface area contributed by atoms with Gasteiger partial charge in [-0.1, -0.05) is 137 Å². The summed E-state index contributed by atoms with van der Waals surface area (Å²) in [5.74, 6) is -0.992. The van der Waals surface area contributed by atoms with Crippen molar-refractivity contribution in [1.29, 1.82) is 0 Å². The lowest BCUT2D eigenvalue weighted by atomic mass is 10.1. The van der Waals surface area contributed by atoms with E-state index in [0.717, 1.165) is 70.6 Å². The molecule has 2 unspecified atom stereocenters. The lowest BCUT2D eigenvalue weighted by Crippen LogP contribution is -2.37. The number of likely N-dealkylation sites (N-methyl/N-ethyl adjacent to an activating group) is 1. The topological polar surface area (TPSA) is 131 Å². The fraction of sp³-hybridized carbons (Fsp3) is 0.609. The third-order valence-corrected chi connectivity index (χ3v) is 9.17. The van der Waals surface area contributed by atoms with E-state index in [0.29, 0.717) is 36.7 Å². The number of phosphoric acid groups is 1. The van der Waals surface area contributed by atoms with Crippen LogP contribution in [-0.4, -0.2) is 81.2 Å². The standard InChI is InChI=1S/C46H76NO9P/c1-6-8-10-12-14-15-16-17-18-19-20-21-22-23-25-29-34-38-46(50)56-44(42-55-57(51,52)54-40-39-47(3,4)5)41-53-45(49)37-33-30-26-28-32-36-43(48)35-31-27-24-13-11-9-7-2/h8-11,14-15,17-18,20-21,23-25,27,31,35,43-44,48H,6-7,12-13,16,19,22,26,28-30,32-34,36-42H2,1-5H3/b10-8-,11-9+,15-14-,18-17-,21-20-,25-23-,27-24+,35-31+/t43?,44-/m1/s1. The van der Waals surface area contributed by atoms with Gasteiger partial charge in [-0.15, -0.1) is 0 Å². The summed E-state index contributed by atoms with van der Waals surface area (Å²) < 4.78 is 33.7. The van der Waals surface area contributed by atoms with Crippen LogP contribution in [0.4, 0.5) is 0 Å². The van der Waals surface area contributed by atoms with Gasteiger partial charge in [0.15, 0.2) is 6.10 Å². The summed E-state index contributed by atoms with van der Waals surface area (Å²) in [6, 6.07) is 0. The quantitative estimate of drug-likeness (QED) is 0.0164. The van der Waals surface area contributed by atoms with E-state index in [-0.39, 0.29) is 26.1 Å². The summed E-state index contributed by atoms with van der Waals surface area (Å²) in [6.45, 7) is 3.76. The number of rotatable bonds is 36. The van der Waals surface area contributed by atoms with Crippen molar-refractivity contribution in [1.82, 2.24) is 0 Å². The number of ether oxygens (including phenoxy) is 2. The Bertz CT molecular complexity index is 1310. The first-order valence-corrected chi connectivity index (χ1v) is 22.5. The molecular weight excluding hydrogens is 741 g/mol. The number of carbonyl (C=O) groups excluding carboxylic acids is 2. The zero-order valence-corrected chi connectivity index (χ0v) is 36.7. The zero-order chi connectivity index (χ0) is 42.3. The second kappa shape index (κ2) is 37.2. The van der Waals surface area contributed by atoms with Crippen LogP contribution in [0.2, 0.25) is 0 Å². The van der Waals surface area contributed by atoms with E-state index in [1.165, 1.54) is 0 Å². The first kappa shape index (κ1) is 53.9. The summed E-state index contributed by atoms with van der Waals surface area (Å²) in [4.78, 5) is 37.5. The van der Waals surface area contributed by atoms with Crippen molar-refractivity contribution in [2.75, 3.05) is 47.5 Å². The molecule has 0 aromatic heterocycles. The molecule has 0 aliphatic heterocycles. The number of nitrogens with zero attached hydrogens (tertiary/aromatic N) is 1. The van der Waals surface area contributed by atoms with Gasteiger partial charge in [0.1, 0.15) is 19.8 Å². The van der Waals surface area contributed by atoms with E-state index in [9.17, 15) is 24.2 Å². The molecule has 0 aromatic carbocycles. The van der Waals surface area contributed by atoms with Gasteiger partial charge in [0, 0.05) is 12.8 Å². The van der Waals surface area contributed by atoms with Crippen molar-refractivity contribution >= 4 is 19.8 Å². The van der Waals surface area contributed by atoms with E-state index < -0.39 is 38.6 Å². The molecule has 0 aliphatic rings. The molecule has 1 N–H and O–H groups in total. The summed E-state index contributed by atoms with van der Waals surface area (Å²) in [6.07, 6.45) is 44.7. The predicted molar refractivity (Wildman–Crippen MR) is 232 cm³/mol. The molecule has 0 aromatic rings. The molecule has 0 spiro atoms. The van der Waals surface area contributed by atoms with Gasteiger partial charge in [-0.05, 0) is 70.6 Å². The van der Waals surface area contributed by atoms with Crippen molar-refractivity contribution in [2.45, 2.75) is 135 Å². The first-order valence-electron chi connectivity index (χ1n) is 21.1. The molecular formula is C46H76NO9P. The highest BCUT2D eigenvalue weighted by molar-refractivity contribution is 7.45. The van der Waals surface area contributed by atoms with Gasteiger partial charge in [0.05, 0.1) is 33.9 Å². The number of phosphoric ester groups is 1.